The van der Waals surface area contributed by atoms with E-state index in [4.69, 9.17) is 17.3 Å². The van der Waals surface area contributed by atoms with Gasteiger partial charge < -0.3 is 5.73 Å². The Labute approximate surface area is 133 Å². The fourth-order valence-electron chi connectivity index (χ4n) is 3.56. The van der Waals surface area contributed by atoms with Gasteiger partial charge in [0.05, 0.1) is 10.7 Å². The third-order valence-corrected chi connectivity index (χ3v) is 5.67. The molecule has 0 radical (unpaired) electrons. The van der Waals surface area contributed by atoms with E-state index in [1.54, 1.807) is 0 Å². The number of halogens is 1. The molecule has 1 aromatic rings. The highest BCUT2D eigenvalue weighted by atomic mass is 35.5. The summed E-state index contributed by atoms with van der Waals surface area (Å²) < 4.78 is 0. The van der Waals surface area contributed by atoms with Gasteiger partial charge in [0.1, 0.15) is 0 Å². The fourth-order valence-corrected chi connectivity index (χ4v) is 3.75. The van der Waals surface area contributed by atoms with E-state index in [0.29, 0.717) is 11.7 Å². The SMILES string of the molecule is Cc1c(CC2CCCCCN2CC2CC2)ccc(N)c1Cl. The standard InChI is InChI=1S/C18H27ClN2/c1-13-15(8-9-17(20)18(13)19)11-16-5-3-2-4-10-21(16)12-14-6-7-14/h8-9,14,16H,2-7,10-12,20H2,1H3. The quantitative estimate of drug-likeness (QED) is 0.834. The lowest BCUT2D eigenvalue weighted by Gasteiger charge is -2.30. The summed E-state index contributed by atoms with van der Waals surface area (Å²) in [6.45, 7) is 4.70. The summed E-state index contributed by atoms with van der Waals surface area (Å²) in [5.74, 6) is 0.974. The van der Waals surface area contributed by atoms with E-state index in [0.717, 1.165) is 17.4 Å². The van der Waals surface area contributed by atoms with Crippen molar-refractivity contribution in [1.29, 1.82) is 0 Å². The Hall–Kier alpha value is -0.730. The Kier molecular flexibility index (Phi) is 4.75. The molecule has 1 aliphatic carbocycles. The van der Waals surface area contributed by atoms with Crippen LogP contribution < -0.4 is 5.73 Å². The molecular formula is C18H27ClN2. The van der Waals surface area contributed by atoms with Crippen LogP contribution in [0.15, 0.2) is 12.1 Å². The monoisotopic (exact) mass is 306 g/mol. The molecule has 0 bridgehead atoms. The van der Waals surface area contributed by atoms with Gasteiger partial charge in [-0.3, -0.25) is 4.90 Å². The number of benzene rings is 1. The van der Waals surface area contributed by atoms with E-state index in [1.807, 2.05) is 6.07 Å². The summed E-state index contributed by atoms with van der Waals surface area (Å²) in [6, 6.07) is 4.83. The second-order valence-electron chi connectivity index (χ2n) is 6.90. The van der Waals surface area contributed by atoms with Crippen molar-refractivity contribution in [3.05, 3.63) is 28.3 Å². The van der Waals surface area contributed by atoms with Crippen molar-refractivity contribution in [3.63, 3.8) is 0 Å². The van der Waals surface area contributed by atoms with Crippen LogP contribution in [0.1, 0.15) is 49.7 Å². The summed E-state index contributed by atoms with van der Waals surface area (Å²) in [7, 11) is 0. The van der Waals surface area contributed by atoms with Gasteiger partial charge in [-0.2, -0.15) is 0 Å². The fraction of sp³-hybridized carbons (Fsp3) is 0.667. The third kappa shape index (κ3) is 3.73. The maximum absolute atomic E-state index is 6.32. The summed E-state index contributed by atoms with van der Waals surface area (Å²) in [4.78, 5) is 2.76. The molecule has 1 unspecified atom stereocenters. The van der Waals surface area contributed by atoms with Crippen LogP contribution in [0.2, 0.25) is 5.02 Å². The van der Waals surface area contributed by atoms with Crippen LogP contribution in [0.25, 0.3) is 0 Å². The molecule has 1 atom stereocenters. The molecule has 0 spiro atoms. The molecule has 116 valence electrons. The van der Waals surface area contributed by atoms with Crippen LogP contribution in [0.5, 0.6) is 0 Å². The van der Waals surface area contributed by atoms with Gasteiger partial charge in [0.15, 0.2) is 0 Å². The molecule has 3 heteroatoms. The van der Waals surface area contributed by atoms with E-state index in [9.17, 15) is 0 Å². The Morgan fingerprint density at radius 3 is 2.76 bits per heavy atom. The van der Waals surface area contributed by atoms with E-state index in [2.05, 4.69) is 17.9 Å². The van der Waals surface area contributed by atoms with Crippen molar-refractivity contribution in [1.82, 2.24) is 4.90 Å². The zero-order valence-corrected chi connectivity index (χ0v) is 13.8. The molecule has 0 amide bonds. The van der Waals surface area contributed by atoms with E-state index < -0.39 is 0 Å². The van der Waals surface area contributed by atoms with Crippen molar-refractivity contribution < 1.29 is 0 Å². The summed E-state index contributed by atoms with van der Waals surface area (Å²) in [5.41, 5.74) is 9.16. The molecule has 2 fully saturated rings. The van der Waals surface area contributed by atoms with Gasteiger partial charge in [0.25, 0.3) is 0 Å². The number of rotatable bonds is 4. The van der Waals surface area contributed by atoms with Gasteiger partial charge >= 0.3 is 0 Å². The Morgan fingerprint density at radius 2 is 2.00 bits per heavy atom. The molecular weight excluding hydrogens is 280 g/mol. The van der Waals surface area contributed by atoms with Crippen LogP contribution in [0, 0.1) is 12.8 Å². The Morgan fingerprint density at radius 1 is 1.19 bits per heavy atom. The molecule has 0 aromatic heterocycles. The predicted octanol–water partition coefficient (Wildman–Crippen LogP) is 4.43. The normalized spacial score (nSPS) is 24.0. The van der Waals surface area contributed by atoms with Crippen molar-refractivity contribution in [2.24, 2.45) is 5.92 Å². The smallest absolute Gasteiger partial charge is 0.0667 e. The number of hydrogen-bond donors (Lipinski definition) is 1. The van der Waals surface area contributed by atoms with E-state index in [-0.39, 0.29) is 0 Å². The minimum atomic E-state index is 0.687. The number of nitrogen functional groups attached to an aromatic ring is 1. The van der Waals surface area contributed by atoms with Crippen molar-refractivity contribution in [2.75, 3.05) is 18.8 Å². The lowest BCUT2D eigenvalue weighted by molar-refractivity contribution is 0.190. The van der Waals surface area contributed by atoms with Crippen molar-refractivity contribution in [3.8, 4) is 0 Å². The minimum absolute atomic E-state index is 0.687. The second kappa shape index (κ2) is 6.58. The summed E-state index contributed by atoms with van der Waals surface area (Å²) in [6.07, 6.45) is 9.45. The topological polar surface area (TPSA) is 29.3 Å². The average Bonchev–Trinajstić information content (AvgIpc) is 3.29. The molecule has 1 aliphatic heterocycles. The lowest BCUT2D eigenvalue weighted by Crippen LogP contribution is -2.38. The van der Waals surface area contributed by atoms with Gasteiger partial charge in [0.2, 0.25) is 0 Å². The third-order valence-electron chi connectivity index (χ3n) is 5.17. The number of likely N-dealkylation sites (tertiary alicyclic amines) is 1. The first-order valence-electron chi connectivity index (χ1n) is 8.42. The summed E-state index contributed by atoms with van der Waals surface area (Å²) in [5, 5.41) is 0.745. The molecule has 1 aromatic carbocycles. The molecule has 2 N–H and O–H groups in total. The average molecular weight is 307 g/mol. The lowest BCUT2D eigenvalue weighted by atomic mass is 9.96. The van der Waals surface area contributed by atoms with Gasteiger partial charge in [-0.05, 0) is 68.7 Å². The maximum atomic E-state index is 6.32. The van der Waals surface area contributed by atoms with Gasteiger partial charge in [-0.15, -0.1) is 0 Å². The highest BCUT2D eigenvalue weighted by molar-refractivity contribution is 6.33. The van der Waals surface area contributed by atoms with Crippen LogP contribution in [-0.2, 0) is 6.42 Å². The van der Waals surface area contributed by atoms with E-state index in [1.165, 1.54) is 62.7 Å². The largest absolute Gasteiger partial charge is 0.398 e. The first-order valence-corrected chi connectivity index (χ1v) is 8.80. The highest BCUT2D eigenvalue weighted by Gasteiger charge is 2.29. The second-order valence-corrected chi connectivity index (χ2v) is 7.28. The zero-order valence-electron chi connectivity index (χ0n) is 13.1. The zero-order chi connectivity index (χ0) is 14.8. The molecule has 3 rings (SSSR count). The van der Waals surface area contributed by atoms with Crippen LogP contribution in [0.3, 0.4) is 0 Å². The molecule has 2 nitrogen and oxygen atoms in total. The molecule has 1 saturated heterocycles. The first kappa shape index (κ1) is 15.2. The van der Waals surface area contributed by atoms with Crippen molar-refractivity contribution >= 4 is 17.3 Å². The van der Waals surface area contributed by atoms with Gasteiger partial charge in [0, 0.05) is 12.6 Å². The van der Waals surface area contributed by atoms with Crippen LogP contribution in [-0.4, -0.2) is 24.0 Å². The number of hydrogen-bond acceptors (Lipinski definition) is 2. The Balaban J connectivity index is 1.75. The number of nitrogens with zero attached hydrogens (tertiary/aromatic N) is 1. The number of nitrogens with two attached hydrogens (primary N) is 1. The molecule has 2 aliphatic rings. The molecule has 21 heavy (non-hydrogen) atoms. The molecule has 1 heterocycles. The predicted molar refractivity (Wildman–Crippen MR) is 90.9 cm³/mol. The number of anilines is 1. The van der Waals surface area contributed by atoms with Crippen LogP contribution in [0.4, 0.5) is 5.69 Å². The molecule has 1 saturated carbocycles. The first-order chi connectivity index (χ1) is 10.1. The van der Waals surface area contributed by atoms with Crippen LogP contribution >= 0.6 is 11.6 Å². The van der Waals surface area contributed by atoms with Crippen molar-refractivity contribution in [2.45, 2.75) is 57.9 Å². The highest BCUT2D eigenvalue weighted by Crippen LogP contribution is 2.33. The minimum Gasteiger partial charge on any atom is -0.398 e. The van der Waals surface area contributed by atoms with Gasteiger partial charge in [-0.1, -0.05) is 30.5 Å². The van der Waals surface area contributed by atoms with E-state index >= 15 is 0 Å². The maximum Gasteiger partial charge on any atom is 0.0667 e. The van der Waals surface area contributed by atoms with Gasteiger partial charge in [-0.25, -0.2) is 0 Å². The Bertz CT molecular complexity index is 496. The summed E-state index contributed by atoms with van der Waals surface area (Å²) >= 11 is 6.32.